The molecule has 0 spiro atoms. The maximum Gasteiger partial charge on any atom is 0.447 e. The van der Waals surface area contributed by atoms with Crippen LogP contribution in [0.15, 0.2) is 11.8 Å². The number of hydrogen-bond acceptors (Lipinski definition) is 2. The first-order valence-corrected chi connectivity index (χ1v) is 2.86. The highest BCUT2D eigenvalue weighted by Crippen LogP contribution is 2.28. The molecule has 2 nitrogen and oxygen atoms in total. The van der Waals surface area contributed by atoms with Crippen molar-refractivity contribution in [2.75, 3.05) is 13.2 Å². The molecule has 0 heterocycles. The van der Waals surface area contributed by atoms with E-state index < -0.39 is 31.1 Å². The summed E-state index contributed by atoms with van der Waals surface area (Å²) in [6.07, 6.45) is -5.33. The van der Waals surface area contributed by atoms with Gasteiger partial charge in [-0.3, -0.25) is 0 Å². The van der Waals surface area contributed by atoms with Gasteiger partial charge in [-0.25, -0.2) is 0 Å². The Labute approximate surface area is 64.7 Å². The normalized spacial score (nSPS) is 14.2. The molecule has 7 heteroatoms. The molecule has 0 aromatic carbocycles. The van der Waals surface area contributed by atoms with Gasteiger partial charge in [0.25, 0.3) is 5.83 Å². The van der Waals surface area contributed by atoms with Crippen LogP contribution < -0.4 is 5.32 Å². The van der Waals surface area contributed by atoms with E-state index in [1.165, 1.54) is 5.32 Å². The van der Waals surface area contributed by atoms with Gasteiger partial charge >= 0.3 is 6.18 Å². The Kier molecular flexibility index (Phi) is 3.94. The highest BCUT2D eigenvalue weighted by molar-refractivity contribution is 5.03. The van der Waals surface area contributed by atoms with E-state index >= 15 is 0 Å². The van der Waals surface area contributed by atoms with Crippen molar-refractivity contribution in [2.45, 2.75) is 6.18 Å². The standard InChI is InChI=1S/C5H6F5NO/c6-3(5(8,9)10)4(7)11-1-2-12/h11-12H,1-2H2/b4-3-. The quantitative estimate of drug-likeness (QED) is 0.519. The summed E-state index contributed by atoms with van der Waals surface area (Å²) in [5.74, 6) is -4.94. The Morgan fingerprint density at radius 2 is 1.75 bits per heavy atom. The predicted molar refractivity (Wildman–Crippen MR) is 30.4 cm³/mol. The molecular weight excluding hydrogens is 185 g/mol. The predicted octanol–water partition coefficient (Wildman–Crippen LogP) is 1.24. The van der Waals surface area contributed by atoms with E-state index in [4.69, 9.17) is 5.11 Å². The van der Waals surface area contributed by atoms with Crippen LogP contribution in [0.1, 0.15) is 0 Å². The first kappa shape index (κ1) is 11.2. The zero-order chi connectivity index (χ0) is 9.78. The van der Waals surface area contributed by atoms with Gasteiger partial charge in [0.05, 0.1) is 6.61 Å². The molecule has 0 fully saturated rings. The smallest absolute Gasteiger partial charge is 0.395 e. The van der Waals surface area contributed by atoms with Crippen LogP contribution in [0.2, 0.25) is 0 Å². The van der Waals surface area contributed by atoms with Crippen LogP contribution >= 0.6 is 0 Å². The van der Waals surface area contributed by atoms with Gasteiger partial charge in [0.2, 0.25) is 5.95 Å². The molecule has 2 N–H and O–H groups in total. The Morgan fingerprint density at radius 1 is 1.25 bits per heavy atom. The fraction of sp³-hybridized carbons (Fsp3) is 0.600. The van der Waals surface area contributed by atoms with Gasteiger partial charge in [-0.2, -0.15) is 22.0 Å². The molecule has 0 radical (unpaired) electrons. The molecule has 12 heavy (non-hydrogen) atoms. The molecule has 0 unspecified atom stereocenters. The monoisotopic (exact) mass is 191 g/mol. The van der Waals surface area contributed by atoms with Crippen LogP contribution in [0.5, 0.6) is 0 Å². The number of hydrogen-bond donors (Lipinski definition) is 2. The molecule has 72 valence electrons. The molecule has 0 aromatic heterocycles. The van der Waals surface area contributed by atoms with E-state index in [1.54, 1.807) is 0 Å². The molecule has 0 aliphatic carbocycles. The number of allylic oxidation sites excluding steroid dienone is 1. The van der Waals surface area contributed by atoms with Crippen molar-refractivity contribution in [3.63, 3.8) is 0 Å². The summed E-state index contributed by atoms with van der Waals surface area (Å²) >= 11 is 0. The highest BCUT2D eigenvalue weighted by Gasteiger charge is 2.38. The van der Waals surface area contributed by atoms with Crippen molar-refractivity contribution < 1.29 is 27.1 Å². The number of alkyl halides is 3. The Hall–Kier alpha value is -0.850. The third kappa shape index (κ3) is 3.51. The largest absolute Gasteiger partial charge is 0.447 e. The maximum absolute atomic E-state index is 12.0. The van der Waals surface area contributed by atoms with Crippen molar-refractivity contribution in [2.24, 2.45) is 0 Å². The second-order valence-electron chi connectivity index (χ2n) is 1.78. The number of nitrogens with one attached hydrogen (secondary N) is 1. The van der Waals surface area contributed by atoms with Gasteiger partial charge < -0.3 is 10.4 Å². The summed E-state index contributed by atoms with van der Waals surface area (Å²) in [7, 11) is 0. The molecule has 0 rings (SSSR count). The van der Waals surface area contributed by atoms with Crippen molar-refractivity contribution in [1.29, 1.82) is 0 Å². The van der Waals surface area contributed by atoms with Gasteiger partial charge in [0.1, 0.15) is 0 Å². The topological polar surface area (TPSA) is 32.3 Å². The van der Waals surface area contributed by atoms with Crippen molar-refractivity contribution in [1.82, 2.24) is 5.32 Å². The number of aliphatic hydroxyl groups is 1. The van der Waals surface area contributed by atoms with Crippen LogP contribution in [0.25, 0.3) is 0 Å². The van der Waals surface area contributed by atoms with E-state index in [-0.39, 0.29) is 0 Å². The van der Waals surface area contributed by atoms with Gasteiger partial charge in [-0.1, -0.05) is 0 Å². The lowest BCUT2D eigenvalue weighted by Gasteiger charge is -2.05. The molecule has 0 amide bonds. The van der Waals surface area contributed by atoms with Crippen molar-refractivity contribution in [3.8, 4) is 0 Å². The van der Waals surface area contributed by atoms with E-state index in [0.29, 0.717) is 0 Å². The fourth-order valence-electron chi connectivity index (χ4n) is 0.368. The SMILES string of the molecule is OCCN/C(F)=C(\F)C(F)(F)F. The molecule has 0 aliphatic rings. The summed E-state index contributed by atoms with van der Waals surface area (Å²) in [4.78, 5) is 0. The second-order valence-corrected chi connectivity index (χ2v) is 1.78. The van der Waals surface area contributed by atoms with Crippen LogP contribution in [0.3, 0.4) is 0 Å². The van der Waals surface area contributed by atoms with Crippen LogP contribution in [0.4, 0.5) is 22.0 Å². The molecule has 0 aromatic rings. The summed E-state index contributed by atoms with van der Waals surface area (Å²) in [5.41, 5.74) is 0. The molecule has 0 saturated heterocycles. The summed E-state index contributed by atoms with van der Waals surface area (Å²) in [5, 5.41) is 9.45. The minimum Gasteiger partial charge on any atom is -0.395 e. The minimum absolute atomic E-state index is 0.477. The van der Waals surface area contributed by atoms with Crippen LogP contribution in [0, 0.1) is 0 Å². The first-order chi connectivity index (χ1) is 5.39. The van der Waals surface area contributed by atoms with Gasteiger partial charge in [0.15, 0.2) is 0 Å². The lowest BCUT2D eigenvalue weighted by atomic mass is 10.5. The fourth-order valence-corrected chi connectivity index (χ4v) is 0.368. The van der Waals surface area contributed by atoms with Gasteiger partial charge in [0, 0.05) is 6.54 Å². The van der Waals surface area contributed by atoms with Crippen molar-refractivity contribution >= 4 is 0 Å². The van der Waals surface area contributed by atoms with E-state index in [0.717, 1.165) is 0 Å². The zero-order valence-corrected chi connectivity index (χ0v) is 5.75. The zero-order valence-electron chi connectivity index (χ0n) is 5.75. The van der Waals surface area contributed by atoms with E-state index in [1.807, 2.05) is 0 Å². The third-order valence-electron chi connectivity index (χ3n) is 0.834. The van der Waals surface area contributed by atoms with Crippen molar-refractivity contribution in [3.05, 3.63) is 11.8 Å². The second kappa shape index (κ2) is 4.24. The van der Waals surface area contributed by atoms with Gasteiger partial charge in [-0.15, -0.1) is 0 Å². The maximum atomic E-state index is 12.0. The number of halogens is 5. The summed E-state index contributed by atoms with van der Waals surface area (Å²) in [6, 6.07) is 0. The molecule has 0 aliphatic heterocycles. The molecule has 0 bridgehead atoms. The highest BCUT2D eigenvalue weighted by atomic mass is 19.4. The number of rotatable bonds is 3. The van der Waals surface area contributed by atoms with E-state index in [9.17, 15) is 22.0 Å². The first-order valence-electron chi connectivity index (χ1n) is 2.86. The Morgan fingerprint density at radius 3 is 2.08 bits per heavy atom. The third-order valence-corrected chi connectivity index (χ3v) is 0.834. The average molecular weight is 191 g/mol. The average Bonchev–Trinajstić information content (AvgIpc) is 1.97. The van der Waals surface area contributed by atoms with Crippen LogP contribution in [-0.2, 0) is 0 Å². The molecule has 0 atom stereocenters. The lowest BCUT2D eigenvalue weighted by molar-refractivity contribution is -0.111. The molecular formula is C5H6F5NO. The van der Waals surface area contributed by atoms with E-state index in [2.05, 4.69) is 0 Å². The summed E-state index contributed by atoms with van der Waals surface area (Å²) < 4.78 is 58.0. The number of aliphatic hydroxyl groups excluding tert-OH is 1. The Balaban J connectivity index is 4.26. The summed E-state index contributed by atoms with van der Waals surface area (Å²) in [6.45, 7) is -1.06. The van der Waals surface area contributed by atoms with Gasteiger partial charge in [-0.05, 0) is 0 Å². The Bertz CT molecular complexity index is 175. The molecule has 0 saturated carbocycles. The van der Waals surface area contributed by atoms with Crippen LogP contribution in [-0.4, -0.2) is 24.4 Å². The lowest BCUT2D eigenvalue weighted by Crippen LogP contribution is -2.20. The minimum atomic E-state index is -5.33.